The van der Waals surface area contributed by atoms with Gasteiger partial charge >= 0.3 is 0 Å². The standard InChI is InChI=1S/C16H22ClNO3/c1-18(9-6-12-7-10-21-11-8-12)16(20)15(19)13-4-2-3-5-14(13)17/h2-5,12,15,19H,6-11H2,1H3/t15-/m0/s1. The maximum atomic E-state index is 12.3. The Hall–Kier alpha value is -1.10. The Morgan fingerprint density at radius 1 is 1.43 bits per heavy atom. The number of ether oxygens (including phenoxy) is 1. The molecule has 1 N–H and O–H groups in total. The molecule has 1 fully saturated rings. The van der Waals surface area contributed by atoms with Gasteiger partial charge in [0.05, 0.1) is 0 Å². The predicted molar refractivity (Wildman–Crippen MR) is 82.2 cm³/mol. The van der Waals surface area contributed by atoms with E-state index in [9.17, 15) is 9.90 Å². The minimum atomic E-state index is -1.20. The van der Waals surface area contributed by atoms with Crippen LogP contribution >= 0.6 is 11.6 Å². The number of carbonyl (C=O) groups excluding carboxylic acids is 1. The second-order valence-electron chi connectivity index (χ2n) is 5.53. The maximum Gasteiger partial charge on any atom is 0.255 e. The third kappa shape index (κ3) is 4.43. The van der Waals surface area contributed by atoms with Crippen LogP contribution in [-0.4, -0.2) is 42.7 Å². The molecule has 4 nitrogen and oxygen atoms in total. The minimum Gasteiger partial charge on any atom is -0.381 e. The highest BCUT2D eigenvalue weighted by molar-refractivity contribution is 6.31. The summed E-state index contributed by atoms with van der Waals surface area (Å²) >= 11 is 6.02. The molecule has 1 aliphatic heterocycles. The van der Waals surface area contributed by atoms with Crippen molar-refractivity contribution >= 4 is 17.5 Å². The Balaban J connectivity index is 1.88. The molecule has 0 bridgehead atoms. The zero-order chi connectivity index (χ0) is 15.2. The average molecular weight is 312 g/mol. The van der Waals surface area contributed by atoms with E-state index in [1.807, 2.05) is 0 Å². The first-order valence-electron chi connectivity index (χ1n) is 7.35. The van der Waals surface area contributed by atoms with E-state index >= 15 is 0 Å². The van der Waals surface area contributed by atoms with Gasteiger partial charge in [0.1, 0.15) is 0 Å². The number of amides is 1. The number of aliphatic hydroxyl groups excluding tert-OH is 1. The smallest absolute Gasteiger partial charge is 0.255 e. The number of benzene rings is 1. The van der Waals surface area contributed by atoms with Crippen molar-refractivity contribution in [3.05, 3.63) is 34.9 Å². The Bertz CT molecular complexity index is 474. The zero-order valence-corrected chi connectivity index (χ0v) is 13.1. The molecule has 116 valence electrons. The van der Waals surface area contributed by atoms with Gasteiger partial charge in [-0.2, -0.15) is 0 Å². The fraction of sp³-hybridized carbons (Fsp3) is 0.562. The molecule has 0 unspecified atom stereocenters. The normalized spacial score (nSPS) is 17.5. The van der Waals surface area contributed by atoms with E-state index in [0.29, 0.717) is 23.0 Å². The van der Waals surface area contributed by atoms with Crippen molar-refractivity contribution in [3.63, 3.8) is 0 Å². The molecule has 0 saturated carbocycles. The van der Waals surface area contributed by atoms with E-state index in [1.165, 1.54) is 0 Å². The lowest BCUT2D eigenvalue weighted by atomic mass is 9.96. The van der Waals surface area contributed by atoms with Crippen LogP contribution < -0.4 is 0 Å². The molecular weight excluding hydrogens is 290 g/mol. The van der Waals surface area contributed by atoms with Crippen LogP contribution in [0.25, 0.3) is 0 Å². The Morgan fingerprint density at radius 2 is 2.10 bits per heavy atom. The molecule has 5 heteroatoms. The molecule has 1 aliphatic rings. The number of hydrogen-bond acceptors (Lipinski definition) is 3. The molecule has 1 heterocycles. The monoisotopic (exact) mass is 311 g/mol. The third-order valence-electron chi connectivity index (χ3n) is 4.02. The summed E-state index contributed by atoms with van der Waals surface area (Å²) in [6, 6.07) is 6.89. The summed E-state index contributed by atoms with van der Waals surface area (Å²) in [5, 5.41) is 10.6. The van der Waals surface area contributed by atoms with E-state index in [4.69, 9.17) is 16.3 Å². The molecule has 1 atom stereocenters. The topological polar surface area (TPSA) is 49.8 Å². The van der Waals surface area contributed by atoms with Crippen molar-refractivity contribution in [3.8, 4) is 0 Å². The molecule has 1 aromatic rings. The van der Waals surface area contributed by atoms with Gasteiger partial charge in [-0.25, -0.2) is 0 Å². The van der Waals surface area contributed by atoms with E-state index in [0.717, 1.165) is 32.5 Å². The van der Waals surface area contributed by atoms with Crippen LogP contribution in [0.15, 0.2) is 24.3 Å². The van der Waals surface area contributed by atoms with E-state index in [1.54, 1.807) is 36.2 Å². The predicted octanol–water partition coefficient (Wildman–Crippen LogP) is 2.65. The SMILES string of the molecule is CN(CCC1CCOCC1)C(=O)[C@@H](O)c1ccccc1Cl. The highest BCUT2D eigenvalue weighted by Gasteiger charge is 2.24. The molecule has 0 aromatic heterocycles. The molecule has 1 aromatic carbocycles. The second kappa shape index (κ2) is 7.78. The summed E-state index contributed by atoms with van der Waals surface area (Å²) in [4.78, 5) is 13.8. The van der Waals surface area contributed by atoms with Crippen molar-refractivity contribution in [2.45, 2.75) is 25.4 Å². The molecule has 2 rings (SSSR count). The average Bonchev–Trinajstić information content (AvgIpc) is 2.52. The van der Waals surface area contributed by atoms with E-state index < -0.39 is 6.10 Å². The fourth-order valence-electron chi connectivity index (χ4n) is 2.56. The van der Waals surface area contributed by atoms with Crippen molar-refractivity contribution in [1.82, 2.24) is 4.90 Å². The first-order chi connectivity index (χ1) is 10.1. The van der Waals surface area contributed by atoms with Crippen molar-refractivity contribution in [2.24, 2.45) is 5.92 Å². The van der Waals surface area contributed by atoms with Crippen molar-refractivity contribution in [2.75, 3.05) is 26.8 Å². The minimum absolute atomic E-state index is 0.310. The molecule has 0 radical (unpaired) electrons. The van der Waals surface area contributed by atoms with Gasteiger partial charge in [0.25, 0.3) is 5.91 Å². The van der Waals surface area contributed by atoms with Crippen molar-refractivity contribution < 1.29 is 14.6 Å². The van der Waals surface area contributed by atoms with E-state index in [-0.39, 0.29) is 5.91 Å². The Kier molecular flexibility index (Phi) is 6.03. The van der Waals surface area contributed by atoms with Gasteiger partial charge in [0, 0.05) is 37.4 Å². The van der Waals surface area contributed by atoms with Crippen LogP contribution in [0.1, 0.15) is 30.9 Å². The van der Waals surface area contributed by atoms with Gasteiger partial charge in [0.2, 0.25) is 0 Å². The van der Waals surface area contributed by atoms with Gasteiger partial charge in [-0.1, -0.05) is 29.8 Å². The molecule has 0 aliphatic carbocycles. The summed E-state index contributed by atoms with van der Waals surface area (Å²) in [5.74, 6) is 0.293. The van der Waals surface area contributed by atoms with Gasteiger partial charge in [0.15, 0.2) is 6.10 Å². The number of aliphatic hydroxyl groups is 1. The number of carbonyl (C=O) groups is 1. The number of hydrogen-bond donors (Lipinski definition) is 1. The summed E-state index contributed by atoms with van der Waals surface area (Å²) < 4.78 is 5.33. The van der Waals surface area contributed by atoms with Crippen molar-refractivity contribution in [1.29, 1.82) is 0 Å². The van der Waals surface area contributed by atoms with Crippen LogP contribution in [0.3, 0.4) is 0 Å². The molecule has 21 heavy (non-hydrogen) atoms. The summed E-state index contributed by atoms with van der Waals surface area (Å²) in [6.45, 7) is 2.26. The highest BCUT2D eigenvalue weighted by atomic mass is 35.5. The first-order valence-corrected chi connectivity index (χ1v) is 7.72. The molecule has 1 saturated heterocycles. The second-order valence-corrected chi connectivity index (χ2v) is 5.94. The Labute approximate surface area is 130 Å². The summed E-state index contributed by atoms with van der Waals surface area (Å²) in [7, 11) is 1.72. The lowest BCUT2D eigenvalue weighted by molar-refractivity contribution is -0.139. The molecule has 1 amide bonds. The largest absolute Gasteiger partial charge is 0.381 e. The van der Waals surface area contributed by atoms with Gasteiger partial charge in [-0.05, 0) is 31.2 Å². The van der Waals surface area contributed by atoms with Crippen LogP contribution in [0, 0.1) is 5.92 Å². The summed E-state index contributed by atoms with van der Waals surface area (Å²) in [6.07, 6.45) is 1.85. The number of halogens is 1. The van der Waals surface area contributed by atoms with Crippen LogP contribution in [0.4, 0.5) is 0 Å². The fourth-order valence-corrected chi connectivity index (χ4v) is 2.80. The van der Waals surface area contributed by atoms with Gasteiger partial charge in [-0.3, -0.25) is 4.79 Å². The quantitative estimate of drug-likeness (QED) is 0.909. The third-order valence-corrected chi connectivity index (χ3v) is 4.37. The molecule has 0 spiro atoms. The van der Waals surface area contributed by atoms with Crippen LogP contribution in [0.2, 0.25) is 5.02 Å². The van der Waals surface area contributed by atoms with Gasteiger partial charge < -0.3 is 14.7 Å². The lowest BCUT2D eigenvalue weighted by Crippen LogP contribution is -2.34. The zero-order valence-electron chi connectivity index (χ0n) is 12.3. The van der Waals surface area contributed by atoms with Crippen LogP contribution in [0.5, 0.6) is 0 Å². The van der Waals surface area contributed by atoms with E-state index in [2.05, 4.69) is 0 Å². The van der Waals surface area contributed by atoms with Crippen LogP contribution in [-0.2, 0) is 9.53 Å². The number of likely N-dealkylation sites (N-methyl/N-ethyl adjacent to an activating group) is 1. The molecular formula is C16H22ClNO3. The Morgan fingerprint density at radius 3 is 2.76 bits per heavy atom. The number of nitrogens with zero attached hydrogens (tertiary/aromatic N) is 1. The van der Waals surface area contributed by atoms with Gasteiger partial charge in [-0.15, -0.1) is 0 Å². The maximum absolute atomic E-state index is 12.3. The number of rotatable bonds is 5. The lowest BCUT2D eigenvalue weighted by Gasteiger charge is -2.26. The highest BCUT2D eigenvalue weighted by Crippen LogP contribution is 2.24. The summed E-state index contributed by atoms with van der Waals surface area (Å²) in [5.41, 5.74) is 0.460. The first kappa shape index (κ1) is 16.3.